The summed E-state index contributed by atoms with van der Waals surface area (Å²) in [6.45, 7) is 1.36. The van der Waals surface area contributed by atoms with Crippen LogP contribution in [0.2, 0.25) is 0 Å². The van der Waals surface area contributed by atoms with Crippen LogP contribution in [-0.2, 0) is 6.54 Å². The summed E-state index contributed by atoms with van der Waals surface area (Å²) in [5.41, 5.74) is 7.76. The van der Waals surface area contributed by atoms with Crippen LogP contribution in [0.3, 0.4) is 0 Å². The number of benzene rings is 2. The summed E-state index contributed by atoms with van der Waals surface area (Å²) < 4.78 is 25.5. The summed E-state index contributed by atoms with van der Waals surface area (Å²) in [7, 11) is 0. The number of halogens is 2. The molecule has 0 saturated heterocycles. The Morgan fingerprint density at radius 3 is 2.62 bits per heavy atom. The molecule has 1 aliphatic heterocycles. The van der Waals surface area contributed by atoms with Crippen LogP contribution < -0.4 is 20.5 Å². The van der Waals surface area contributed by atoms with Crippen molar-refractivity contribution < 1.29 is 13.9 Å². The van der Waals surface area contributed by atoms with Gasteiger partial charge in [-0.15, -0.1) is 0 Å². The van der Waals surface area contributed by atoms with Gasteiger partial charge in [-0.2, -0.15) is 0 Å². The highest BCUT2D eigenvalue weighted by Gasteiger charge is 2.14. The number of rotatable bonds is 3. The Hall–Kier alpha value is -1.95. The van der Waals surface area contributed by atoms with Gasteiger partial charge in [-0.25, -0.2) is 4.39 Å². The van der Waals surface area contributed by atoms with Gasteiger partial charge in [0.15, 0.2) is 11.5 Å². The molecule has 0 atom stereocenters. The van der Waals surface area contributed by atoms with Crippen molar-refractivity contribution in [2.24, 2.45) is 0 Å². The molecular formula is C15H14BrFN2O2. The standard InChI is InChI=1S/C15H14BrFN2O2/c16-10-1-2-11(17)9(5-10)8-19-13-7-15-14(6-12(13)18)20-3-4-21-15/h1-2,5-7,19H,3-4,8,18H2. The van der Waals surface area contributed by atoms with E-state index in [4.69, 9.17) is 15.2 Å². The van der Waals surface area contributed by atoms with E-state index in [2.05, 4.69) is 21.2 Å². The first-order valence-corrected chi connectivity index (χ1v) is 7.30. The van der Waals surface area contributed by atoms with E-state index in [-0.39, 0.29) is 5.82 Å². The van der Waals surface area contributed by atoms with Crippen LogP contribution in [0, 0.1) is 5.82 Å². The summed E-state index contributed by atoms with van der Waals surface area (Å²) in [4.78, 5) is 0. The van der Waals surface area contributed by atoms with Crippen molar-refractivity contribution in [3.05, 3.63) is 46.2 Å². The third kappa shape index (κ3) is 3.05. The van der Waals surface area contributed by atoms with Crippen LogP contribution in [-0.4, -0.2) is 13.2 Å². The molecule has 0 fully saturated rings. The molecule has 2 aromatic carbocycles. The summed E-state index contributed by atoms with van der Waals surface area (Å²) in [5.74, 6) is 1.02. The zero-order valence-electron chi connectivity index (χ0n) is 11.2. The highest BCUT2D eigenvalue weighted by Crippen LogP contribution is 2.37. The predicted molar refractivity (Wildman–Crippen MR) is 83.3 cm³/mol. The maximum atomic E-state index is 13.7. The molecule has 0 spiro atoms. The van der Waals surface area contributed by atoms with E-state index in [1.807, 2.05) is 0 Å². The number of hydrogen-bond acceptors (Lipinski definition) is 4. The van der Waals surface area contributed by atoms with Crippen LogP contribution in [0.5, 0.6) is 11.5 Å². The predicted octanol–water partition coefficient (Wildman–Crippen LogP) is 3.55. The largest absolute Gasteiger partial charge is 0.486 e. The Balaban J connectivity index is 1.80. The van der Waals surface area contributed by atoms with Crippen molar-refractivity contribution in [3.8, 4) is 11.5 Å². The first-order valence-electron chi connectivity index (χ1n) is 6.50. The van der Waals surface area contributed by atoms with E-state index >= 15 is 0 Å². The SMILES string of the molecule is Nc1cc2c(cc1NCc1cc(Br)ccc1F)OCCO2. The second kappa shape index (κ2) is 5.81. The number of nitrogens with two attached hydrogens (primary N) is 1. The Morgan fingerprint density at radius 1 is 1.14 bits per heavy atom. The number of nitrogen functional groups attached to an aromatic ring is 1. The molecule has 1 heterocycles. The molecule has 0 radical (unpaired) electrons. The summed E-state index contributed by atoms with van der Waals surface area (Å²) in [5, 5.41) is 3.13. The molecule has 6 heteroatoms. The van der Waals surface area contributed by atoms with Crippen LogP contribution in [0.4, 0.5) is 15.8 Å². The lowest BCUT2D eigenvalue weighted by atomic mass is 10.2. The number of fused-ring (bicyclic) bond motifs is 1. The first kappa shape index (κ1) is 14.0. The zero-order valence-corrected chi connectivity index (χ0v) is 12.7. The van der Waals surface area contributed by atoms with Gasteiger partial charge in [0.05, 0.1) is 11.4 Å². The normalized spacial score (nSPS) is 13.0. The molecule has 4 nitrogen and oxygen atoms in total. The smallest absolute Gasteiger partial charge is 0.163 e. The fourth-order valence-corrected chi connectivity index (χ4v) is 2.54. The van der Waals surface area contributed by atoms with Gasteiger partial charge in [-0.1, -0.05) is 15.9 Å². The van der Waals surface area contributed by atoms with Gasteiger partial charge in [0.1, 0.15) is 19.0 Å². The average molecular weight is 353 g/mol. The first-order chi connectivity index (χ1) is 10.1. The topological polar surface area (TPSA) is 56.5 Å². The lowest BCUT2D eigenvalue weighted by molar-refractivity contribution is 0.172. The van der Waals surface area contributed by atoms with Gasteiger partial charge in [0, 0.05) is 28.7 Å². The van der Waals surface area contributed by atoms with Gasteiger partial charge in [0.25, 0.3) is 0 Å². The average Bonchev–Trinajstić information content (AvgIpc) is 2.48. The van der Waals surface area contributed by atoms with Crippen molar-refractivity contribution in [2.45, 2.75) is 6.54 Å². The van der Waals surface area contributed by atoms with Gasteiger partial charge in [-0.05, 0) is 18.2 Å². The third-order valence-electron chi connectivity index (χ3n) is 3.19. The van der Waals surface area contributed by atoms with Crippen molar-refractivity contribution in [1.29, 1.82) is 0 Å². The highest BCUT2D eigenvalue weighted by atomic mass is 79.9. The molecule has 2 aromatic rings. The van der Waals surface area contributed by atoms with E-state index in [0.717, 1.165) is 4.47 Å². The number of hydrogen-bond donors (Lipinski definition) is 2. The van der Waals surface area contributed by atoms with Crippen LogP contribution in [0.15, 0.2) is 34.8 Å². The van der Waals surface area contributed by atoms with Crippen molar-refractivity contribution in [2.75, 3.05) is 24.3 Å². The van der Waals surface area contributed by atoms with Crippen LogP contribution >= 0.6 is 15.9 Å². The molecule has 1 aliphatic rings. The molecule has 0 amide bonds. The van der Waals surface area contributed by atoms with E-state index in [1.54, 1.807) is 24.3 Å². The minimum Gasteiger partial charge on any atom is -0.486 e. The maximum Gasteiger partial charge on any atom is 0.163 e. The van der Waals surface area contributed by atoms with Gasteiger partial charge in [0.2, 0.25) is 0 Å². The Labute approximate surface area is 130 Å². The molecule has 3 N–H and O–H groups in total. The third-order valence-corrected chi connectivity index (χ3v) is 3.68. The van der Waals surface area contributed by atoms with Gasteiger partial charge >= 0.3 is 0 Å². The van der Waals surface area contributed by atoms with Gasteiger partial charge < -0.3 is 20.5 Å². The zero-order chi connectivity index (χ0) is 14.8. The molecule has 21 heavy (non-hydrogen) atoms. The molecule has 0 saturated carbocycles. The lowest BCUT2D eigenvalue weighted by Crippen LogP contribution is -2.16. The lowest BCUT2D eigenvalue weighted by Gasteiger charge is -2.20. The number of ether oxygens (including phenoxy) is 2. The van der Waals surface area contributed by atoms with Crippen LogP contribution in [0.25, 0.3) is 0 Å². The molecule has 110 valence electrons. The fourth-order valence-electron chi connectivity index (χ4n) is 2.13. The van der Waals surface area contributed by atoms with E-state index in [0.29, 0.717) is 48.2 Å². The number of anilines is 2. The maximum absolute atomic E-state index is 13.7. The molecule has 3 rings (SSSR count). The van der Waals surface area contributed by atoms with Crippen molar-refractivity contribution in [3.63, 3.8) is 0 Å². The minimum absolute atomic E-state index is 0.262. The van der Waals surface area contributed by atoms with Crippen LogP contribution in [0.1, 0.15) is 5.56 Å². The Bertz CT molecular complexity index is 679. The highest BCUT2D eigenvalue weighted by molar-refractivity contribution is 9.10. The molecule has 0 unspecified atom stereocenters. The number of nitrogens with one attached hydrogen (secondary N) is 1. The van der Waals surface area contributed by atoms with Gasteiger partial charge in [-0.3, -0.25) is 0 Å². The molecule has 0 bridgehead atoms. The van der Waals surface area contributed by atoms with E-state index < -0.39 is 0 Å². The fraction of sp³-hybridized carbons (Fsp3) is 0.200. The molecule has 0 aromatic heterocycles. The quantitative estimate of drug-likeness (QED) is 0.829. The minimum atomic E-state index is -0.262. The Morgan fingerprint density at radius 2 is 1.86 bits per heavy atom. The summed E-state index contributed by atoms with van der Waals surface area (Å²) in [6.07, 6.45) is 0. The second-order valence-corrected chi connectivity index (χ2v) is 5.59. The van der Waals surface area contributed by atoms with E-state index in [1.165, 1.54) is 6.07 Å². The molecular weight excluding hydrogens is 339 g/mol. The summed E-state index contributed by atoms with van der Waals surface area (Å²) in [6, 6.07) is 8.32. The second-order valence-electron chi connectivity index (χ2n) is 4.67. The van der Waals surface area contributed by atoms with Crippen molar-refractivity contribution in [1.82, 2.24) is 0 Å². The molecule has 0 aliphatic carbocycles. The monoisotopic (exact) mass is 352 g/mol. The Kier molecular flexibility index (Phi) is 3.88. The van der Waals surface area contributed by atoms with E-state index in [9.17, 15) is 4.39 Å². The van der Waals surface area contributed by atoms with Crippen molar-refractivity contribution >= 4 is 27.3 Å². The summed E-state index contributed by atoms with van der Waals surface area (Å²) >= 11 is 3.33.